The lowest BCUT2D eigenvalue weighted by atomic mass is 10.1. The van der Waals surface area contributed by atoms with Crippen LogP contribution in [0.1, 0.15) is 341 Å². The molecule has 1 aliphatic rings. The average Bonchev–Trinajstić information content (AvgIpc) is 4.21. The number of carbonyl (C=O) groups is 7. The van der Waals surface area contributed by atoms with Crippen molar-refractivity contribution in [2.24, 2.45) is 5.92 Å². The minimum Gasteiger partial charge on any atom is -0.466 e. The Kier molecular flexibility index (Phi) is 86.7. The number of amides is 1. The summed E-state index contributed by atoms with van der Waals surface area (Å²) in [5.74, 6) is 0.0441. The molecule has 0 aromatic rings. The molecule has 1 aliphatic heterocycles. The Morgan fingerprint density at radius 3 is 1.26 bits per heavy atom. The van der Waals surface area contributed by atoms with E-state index in [1.807, 2.05) is 41.5 Å². The monoisotopic (exact) mass is 1200 g/mol. The van der Waals surface area contributed by atoms with Crippen LogP contribution in [0.5, 0.6) is 0 Å². The van der Waals surface area contributed by atoms with Crippen LogP contribution in [0.2, 0.25) is 0 Å². The average molecular weight is 1200 g/mol. The number of carbonyl (C=O) groups excluding carboxylic acids is 7. The molecule has 0 aliphatic carbocycles. The molecule has 2 unspecified atom stereocenters. The van der Waals surface area contributed by atoms with E-state index in [2.05, 4.69) is 55.4 Å². The van der Waals surface area contributed by atoms with Crippen molar-refractivity contribution in [3.8, 4) is 0 Å². The zero-order valence-electron chi connectivity index (χ0n) is 58.1. The van der Waals surface area contributed by atoms with Gasteiger partial charge in [-0.05, 0) is 57.4 Å². The number of ketones is 1. The van der Waals surface area contributed by atoms with Gasteiger partial charge in [-0.3, -0.25) is 28.9 Å². The van der Waals surface area contributed by atoms with Gasteiger partial charge >= 0.3 is 30.0 Å². The molecule has 0 saturated carbocycles. The molecule has 0 radical (unpaired) electrons. The van der Waals surface area contributed by atoms with Gasteiger partial charge in [0.15, 0.2) is 0 Å². The molecule has 1 fully saturated rings. The zero-order valence-corrected chi connectivity index (χ0v) is 58.1. The SMILES string of the molecule is CC.CC.CCCC.CCCCCCCCCC(=O)CC.CCCCCCCCOC(=O)CC(C)CC.CCCCCCCCOC(=O)CN(CCCCC=O)CC(=O)OCCCCCCCC.CCCOC(=O)N1CCC(OC(=O)CC)C1. The third-order valence-electron chi connectivity index (χ3n) is 13.6. The van der Waals surface area contributed by atoms with E-state index in [-0.39, 0.29) is 49.2 Å². The third-order valence-corrected chi connectivity index (χ3v) is 13.6. The van der Waals surface area contributed by atoms with Gasteiger partial charge in [0.1, 0.15) is 18.2 Å². The van der Waals surface area contributed by atoms with Crippen LogP contribution in [0.25, 0.3) is 0 Å². The molecule has 0 N–H and O–H groups in total. The summed E-state index contributed by atoms with van der Waals surface area (Å²) in [7, 11) is 0. The number of esters is 4. The lowest BCUT2D eigenvalue weighted by Gasteiger charge is -2.20. The summed E-state index contributed by atoms with van der Waals surface area (Å²) in [5.41, 5.74) is 0. The van der Waals surface area contributed by atoms with E-state index in [1.54, 1.807) is 16.7 Å². The highest BCUT2D eigenvalue weighted by Gasteiger charge is 2.29. The maximum atomic E-state index is 12.2. The molecule has 0 spiro atoms. The summed E-state index contributed by atoms with van der Waals surface area (Å²) >= 11 is 0. The Morgan fingerprint density at radius 1 is 0.464 bits per heavy atom. The second-order valence-corrected chi connectivity index (χ2v) is 21.6. The van der Waals surface area contributed by atoms with Gasteiger partial charge in [-0.15, -0.1) is 0 Å². The summed E-state index contributed by atoms with van der Waals surface area (Å²) in [5, 5.41) is 0. The fourth-order valence-corrected chi connectivity index (χ4v) is 7.92. The number of ether oxygens (including phenoxy) is 5. The quantitative estimate of drug-likeness (QED) is 0.0244. The standard InChI is InChI=1S/C25H47NO5.C14H28O2.C12H24O.C11H19NO4.C4H10.2C2H6/c1-3-5-7-9-11-16-20-30-24(28)22-26(18-14-13-15-19-27)23-25(29)31-21-17-12-10-8-6-4-2;1-4-6-7-8-9-10-11-16-14(15)12-13(3)5-2;1-3-5-6-7-8-9-10-11-12(13)4-2;1-3-7-15-11(14)12-6-5-9(8-12)16-10(13)4-2;1-3-4-2;2*1-2/h19H,3-18,20-23H2,1-2H3;13H,4-12H2,1-3H3;3-11H2,1-2H3;9H,3-8H2,1-2H3;3-4H2,1-2H3;2*1-2H3. The van der Waals surface area contributed by atoms with E-state index in [9.17, 15) is 33.6 Å². The predicted octanol–water partition coefficient (Wildman–Crippen LogP) is 19.3. The van der Waals surface area contributed by atoms with E-state index in [0.717, 1.165) is 83.3 Å². The maximum Gasteiger partial charge on any atom is 0.409 e. The largest absolute Gasteiger partial charge is 0.466 e. The molecule has 14 heteroatoms. The first-order valence-corrected chi connectivity index (χ1v) is 35.0. The molecule has 2 atom stereocenters. The van der Waals surface area contributed by atoms with E-state index >= 15 is 0 Å². The maximum absolute atomic E-state index is 12.2. The van der Waals surface area contributed by atoms with Crippen LogP contribution in [0.4, 0.5) is 4.79 Å². The number of aldehydes is 1. The van der Waals surface area contributed by atoms with Gasteiger partial charge in [0.05, 0.1) is 46.1 Å². The minimum atomic E-state index is -0.308. The molecule has 502 valence electrons. The number of hydrogen-bond acceptors (Lipinski definition) is 13. The first-order chi connectivity index (χ1) is 40.7. The van der Waals surface area contributed by atoms with Gasteiger partial charge in [0.25, 0.3) is 0 Å². The van der Waals surface area contributed by atoms with Gasteiger partial charge < -0.3 is 33.4 Å². The normalized spacial score (nSPS) is 12.2. The molecule has 14 nitrogen and oxygen atoms in total. The highest BCUT2D eigenvalue weighted by Crippen LogP contribution is 2.15. The lowest BCUT2D eigenvalue weighted by Crippen LogP contribution is -2.37. The van der Waals surface area contributed by atoms with Crippen LogP contribution in [0, 0.1) is 5.92 Å². The Bertz CT molecular complexity index is 1360. The molecule has 84 heavy (non-hydrogen) atoms. The summed E-state index contributed by atoms with van der Waals surface area (Å²) in [6.45, 7) is 34.8. The van der Waals surface area contributed by atoms with E-state index in [4.69, 9.17) is 23.7 Å². The summed E-state index contributed by atoms with van der Waals surface area (Å²) in [4.78, 5) is 83.0. The van der Waals surface area contributed by atoms with Crippen LogP contribution in [-0.2, 0) is 52.5 Å². The van der Waals surface area contributed by atoms with Gasteiger partial charge in [-0.1, -0.05) is 258 Å². The molecule has 1 rings (SSSR count). The Morgan fingerprint density at radius 2 is 0.881 bits per heavy atom. The van der Waals surface area contributed by atoms with Crippen LogP contribution in [0.3, 0.4) is 0 Å². The highest BCUT2D eigenvalue weighted by atomic mass is 16.6. The van der Waals surface area contributed by atoms with Gasteiger partial charge in [0, 0.05) is 45.1 Å². The van der Waals surface area contributed by atoms with Crippen LogP contribution in [-0.4, -0.2) is 117 Å². The number of likely N-dealkylation sites (tertiary alicyclic amines) is 1. The van der Waals surface area contributed by atoms with E-state index < -0.39 is 0 Å². The van der Waals surface area contributed by atoms with E-state index in [0.29, 0.717) is 83.4 Å². The minimum absolute atomic E-state index is 0.0251. The Labute approximate surface area is 519 Å². The van der Waals surface area contributed by atoms with Crippen molar-refractivity contribution in [3.05, 3.63) is 0 Å². The topological polar surface area (TPSA) is 172 Å². The zero-order chi connectivity index (χ0) is 64.5. The molecule has 1 saturated heterocycles. The molecular weight excluding hydrogens is 1060 g/mol. The second-order valence-electron chi connectivity index (χ2n) is 21.6. The smallest absolute Gasteiger partial charge is 0.409 e. The summed E-state index contributed by atoms with van der Waals surface area (Å²) < 4.78 is 26.0. The van der Waals surface area contributed by atoms with Crippen molar-refractivity contribution in [1.82, 2.24) is 9.80 Å². The van der Waals surface area contributed by atoms with Crippen molar-refractivity contribution < 1.29 is 57.2 Å². The number of nitrogens with zero attached hydrogens (tertiary/aromatic N) is 2. The van der Waals surface area contributed by atoms with Crippen molar-refractivity contribution in [2.75, 3.05) is 59.2 Å². The van der Waals surface area contributed by atoms with Gasteiger partial charge in [-0.25, -0.2) is 4.79 Å². The third kappa shape index (κ3) is 76.5. The highest BCUT2D eigenvalue weighted by molar-refractivity contribution is 5.78. The molecule has 0 aromatic carbocycles. The van der Waals surface area contributed by atoms with Crippen molar-refractivity contribution >= 4 is 42.0 Å². The van der Waals surface area contributed by atoms with Crippen molar-refractivity contribution in [3.63, 3.8) is 0 Å². The predicted molar refractivity (Wildman–Crippen MR) is 353 cm³/mol. The molecule has 0 bridgehead atoms. The Balaban J connectivity index is -0.000000244. The number of Topliss-reactive ketones (excluding diaryl/α,β-unsaturated/α-hetero) is 1. The fourth-order valence-electron chi connectivity index (χ4n) is 7.92. The van der Waals surface area contributed by atoms with E-state index in [1.165, 1.54) is 135 Å². The molecule has 0 aromatic heterocycles. The van der Waals surface area contributed by atoms with Gasteiger partial charge in [0.2, 0.25) is 0 Å². The fraction of sp³-hybridized carbons (Fsp3) is 0.900. The number of unbranched alkanes of at least 4 members (excludes halogenated alkanes) is 24. The van der Waals surface area contributed by atoms with Crippen LogP contribution < -0.4 is 0 Å². The van der Waals surface area contributed by atoms with Crippen LogP contribution >= 0.6 is 0 Å². The van der Waals surface area contributed by atoms with Gasteiger partial charge in [-0.2, -0.15) is 0 Å². The van der Waals surface area contributed by atoms with Crippen LogP contribution in [0.15, 0.2) is 0 Å². The first-order valence-electron chi connectivity index (χ1n) is 35.0. The molecular formula is C70H140N2O12. The molecule has 1 heterocycles. The number of rotatable bonds is 47. The lowest BCUT2D eigenvalue weighted by molar-refractivity contribution is -0.149. The summed E-state index contributed by atoms with van der Waals surface area (Å²) in [6.07, 6.45) is 40.3. The number of hydrogen-bond donors (Lipinski definition) is 0. The molecule has 1 amide bonds. The van der Waals surface area contributed by atoms with Crippen molar-refractivity contribution in [2.45, 2.75) is 348 Å². The summed E-state index contributed by atoms with van der Waals surface area (Å²) in [6, 6.07) is 0. The van der Waals surface area contributed by atoms with Crippen molar-refractivity contribution in [1.29, 1.82) is 0 Å². The Hall–Kier alpha value is -3.55. The second kappa shape index (κ2) is 79.5. The first kappa shape index (κ1) is 91.6.